The third kappa shape index (κ3) is 2.59. The van der Waals surface area contributed by atoms with E-state index in [4.69, 9.17) is 14.5 Å². The third-order valence-electron chi connectivity index (χ3n) is 3.99. The number of ether oxygens (including phenoxy) is 1. The molecule has 3 rings (SSSR count). The average molecular weight is 260 g/mol. The minimum absolute atomic E-state index is 0.214. The summed E-state index contributed by atoms with van der Waals surface area (Å²) in [5.41, 5.74) is 3.22. The van der Waals surface area contributed by atoms with Crippen molar-refractivity contribution in [3.63, 3.8) is 0 Å². The molecule has 0 bridgehead atoms. The van der Waals surface area contributed by atoms with Gasteiger partial charge in [0.15, 0.2) is 0 Å². The predicted molar refractivity (Wildman–Crippen MR) is 73.3 cm³/mol. The molecule has 1 aromatic rings. The molecule has 2 aliphatic rings. The molecule has 2 fully saturated rings. The lowest BCUT2D eigenvalue weighted by atomic mass is 10.0. The Hall–Kier alpha value is -1.16. The Labute approximate surface area is 114 Å². The average Bonchev–Trinajstić information content (AvgIpc) is 2.88. The normalized spacial score (nSPS) is 25.6. The number of hydrogen-bond acceptors (Lipinski definition) is 3. The minimum atomic E-state index is -0.482. The smallest absolute Gasteiger partial charge is 0.201 e. The van der Waals surface area contributed by atoms with E-state index in [9.17, 15) is 0 Å². The zero-order valence-corrected chi connectivity index (χ0v) is 11.4. The molecule has 0 amide bonds. The summed E-state index contributed by atoms with van der Waals surface area (Å²) in [6, 6.07) is 8.26. The number of aryl methyl sites for hydroxylation is 1. The first kappa shape index (κ1) is 12.9. The maximum Gasteiger partial charge on any atom is 0.201 e. The van der Waals surface area contributed by atoms with Gasteiger partial charge in [-0.2, -0.15) is 0 Å². The Bertz CT molecular complexity index is 447. The topological polar surface area (TPSA) is 27.7 Å². The lowest BCUT2D eigenvalue weighted by Gasteiger charge is -2.36. The van der Waals surface area contributed by atoms with Crippen LogP contribution in [-0.4, -0.2) is 18.5 Å². The van der Waals surface area contributed by atoms with Crippen LogP contribution in [0.4, 0.5) is 0 Å². The summed E-state index contributed by atoms with van der Waals surface area (Å²) in [6.07, 6.45) is 3.93. The Balaban J connectivity index is 1.64. The first-order valence-electron chi connectivity index (χ1n) is 6.93. The molecule has 0 aromatic heterocycles. The van der Waals surface area contributed by atoms with E-state index < -0.39 is 5.79 Å². The Morgan fingerprint density at radius 2 is 1.89 bits per heavy atom. The van der Waals surface area contributed by atoms with Crippen molar-refractivity contribution in [2.75, 3.05) is 6.61 Å². The summed E-state index contributed by atoms with van der Waals surface area (Å²) in [4.78, 5) is 11.1. The van der Waals surface area contributed by atoms with Crippen molar-refractivity contribution >= 4 is 5.57 Å². The van der Waals surface area contributed by atoms with Crippen LogP contribution >= 0.6 is 0 Å². The van der Waals surface area contributed by atoms with Crippen LogP contribution in [0, 0.1) is 6.92 Å². The van der Waals surface area contributed by atoms with E-state index in [1.54, 1.807) is 0 Å². The fraction of sp³-hybridized carbons (Fsp3) is 0.500. The molecule has 1 heterocycles. The van der Waals surface area contributed by atoms with E-state index in [0.717, 1.165) is 36.8 Å². The predicted octanol–water partition coefficient (Wildman–Crippen LogP) is 3.63. The minimum Gasteiger partial charge on any atom is -0.344 e. The van der Waals surface area contributed by atoms with Gasteiger partial charge in [0.2, 0.25) is 5.79 Å². The number of rotatable bonds is 2. The standard InChI is InChI=1S/C16H20O3/c1-12-5-7-14(8-6-12)13(2)15-11-17-16(19-18-15)9-3-4-10-16/h5-8,15H,2-4,9-11H2,1H3. The van der Waals surface area contributed by atoms with Crippen molar-refractivity contribution in [3.05, 3.63) is 42.0 Å². The summed E-state index contributed by atoms with van der Waals surface area (Å²) in [7, 11) is 0. The maximum atomic E-state index is 5.90. The van der Waals surface area contributed by atoms with Gasteiger partial charge in [-0.15, -0.1) is 0 Å². The Morgan fingerprint density at radius 1 is 1.21 bits per heavy atom. The van der Waals surface area contributed by atoms with Gasteiger partial charge >= 0.3 is 0 Å². The summed E-state index contributed by atoms with van der Waals surface area (Å²) >= 11 is 0. The van der Waals surface area contributed by atoms with Crippen molar-refractivity contribution in [2.45, 2.75) is 44.5 Å². The largest absolute Gasteiger partial charge is 0.344 e. The summed E-state index contributed by atoms with van der Waals surface area (Å²) in [5.74, 6) is -0.482. The van der Waals surface area contributed by atoms with Crippen LogP contribution < -0.4 is 0 Å². The second-order valence-electron chi connectivity index (χ2n) is 5.49. The van der Waals surface area contributed by atoms with Gasteiger partial charge in [-0.05, 0) is 30.9 Å². The summed E-state index contributed by atoms with van der Waals surface area (Å²) < 4.78 is 5.90. The Kier molecular flexibility index (Phi) is 3.44. The quantitative estimate of drug-likeness (QED) is 0.760. The molecule has 3 heteroatoms. The highest BCUT2D eigenvalue weighted by molar-refractivity contribution is 5.67. The van der Waals surface area contributed by atoms with Crippen molar-refractivity contribution in [1.82, 2.24) is 0 Å². The van der Waals surface area contributed by atoms with Gasteiger partial charge in [0, 0.05) is 12.8 Å². The lowest BCUT2D eigenvalue weighted by molar-refractivity contribution is -0.475. The molecule has 19 heavy (non-hydrogen) atoms. The van der Waals surface area contributed by atoms with E-state index in [1.807, 2.05) is 0 Å². The lowest BCUT2D eigenvalue weighted by Crippen LogP contribution is -2.43. The van der Waals surface area contributed by atoms with Crippen LogP contribution in [0.2, 0.25) is 0 Å². The molecule has 1 unspecified atom stereocenters. The molecule has 0 radical (unpaired) electrons. The highest BCUT2D eigenvalue weighted by atomic mass is 17.2. The van der Waals surface area contributed by atoms with E-state index in [2.05, 4.69) is 37.8 Å². The molecule has 0 N–H and O–H groups in total. The van der Waals surface area contributed by atoms with Gasteiger partial charge in [0.05, 0.1) is 6.61 Å². The van der Waals surface area contributed by atoms with Crippen LogP contribution in [0.1, 0.15) is 36.8 Å². The van der Waals surface area contributed by atoms with E-state index >= 15 is 0 Å². The monoisotopic (exact) mass is 260 g/mol. The third-order valence-corrected chi connectivity index (χ3v) is 3.99. The van der Waals surface area contributed by atoms with Crippen molar-refractivity contribution in [3.8, 4) is 0 Å². The molecule has 1 saturated heterocycles. The molecule has 3 nitrogen and oxygen atoms in total. The van der Waals surface area contributed by atoms with Crippen LogP contribution in [0.5, 0.6) is 0 Å². The molecular weight excluding hydrogens is 240 g/mol. The molecule has 1 atom stereocenters. The van der Waals surface area contributed by atoms with Crippen LogP contribution in [0.15, 0.2) is 30.8 Å². The Morgan fingerprint density at radius 3 is 2.47 bits per heavy atom. The zero-order chi connectivity index (χ0) is 13.3. The first-order chi connectivity index (χ1) is 9.19. The second kappa shape index (κ2) is 5.08. The highest BCUT2D eigenvalue weighted by Crippen LogP contribution is 2.38. The molecular formula is C16H20O3. The van der Waals surface area contributed by atoms with Gasteiger partial charge in [0.25, 0.3) is 0 Å². The summed E-state index contributed by atoms with van der Waals surface area (Å²) in [5, 5.41) is 0. The van der Waals surface area contributed by atoms with Gasteiger partial charge in [-0.25, -0.2) is 9.78 Å². The SMILES string of the molecule is C=C(c1ccc(C)cc1)C1COC2(CCCC2)OO1. The zero-order valence-electron chi connectivity index (χ0n) is 11.4. The highest BCUT2D eigenvalue weighted by Gasteiger charge is 2.42. The molecule has 1 aromatic carbocycles. The van der Waals surface area contributed by atoms with Crippen LogP contribution in [-0.2, 0) is 14.5 Å². The van der Waals surface area contributed by atoms with Crippen molar-refractivity contribution < 1.29 is 14.5 Å². The second-order valence-corrected chi connectivity index (χ2v) is 5.49. The molecule has 1 aliphatic carbocycles. The van der Waals surface area contributed by atoms with Gasteiger partial charge < -0.3 is 4.74 Å². The first-order valence-corrected chi connectivity index (χ1v) is 6.93. The van der Waals surface area contributed by atoms with Crippen molar-refractivity contribution in [2.24, 2.45) is 0 Å². The maximum absolute atomic E-state index is 5.90. The van der Waals surface area contributed by atoms with Crippen molar-refractivity contribution in [1.29, 1.82) is 0 Å². The number of benzene rings is 1. The van der Waals surface area contributed by atoms with Gasteiger partial charge in [-0.3, -0.25) is 0 Å². The summed E-state index contributed by atoms with van der Waals surface area (Å²) in [6.45, 7) is 6.70. The van der Waals surface area contributed by atoms with E-state index in [0.29, 0.717) is 6.61 Å². The van der Waals surface area contributed by atoms with Crippen LogP contribution in [0.25, 0.3) is 5.57 Å². The van der Waals surface area contributed by atoms with Gasteiger partial charge in [-0.1, -0.05) is 36.4 Å². The molecule has 1 spiro atoms. The molecule has 1 saturated carbocycles. The van der Waals surface area contributed by atoms with Gasteiger partial charge in [0.1, 0.15) is 6.10 Å². The number of hydrogen-bond donors (Lipinski definition) is 0. The fourth-order valence-corrected chi connectivity index (χ4v) is 2.68. The molecule has 1 aliphatic heterocycles. The van der Waals surface area contributed by atoms with E-state index in [-0.39, 0.29) is 6.10 Å². The van der Waals surface area contributed by atoms with E-state index in [1.165, 1.54) is 5.56 Å². The molecule has 102 valence electrons. The fourth-order valence-electron chi connectivity index (χ4n) is 2.68. The van der Waals surface area contributed by atoms with Crippen LogP contribution in [0.3, 0.4) is 0 Å².